The predicted octanol–water partition coefficient (Wildman–Crippen LogP) is 0.909. The lowest BCUT2D eigenvalue weighted by Crippen LogP contribution is -2.41. The van der Waals surface area contributed by atoms with Gasteiger partial charge in [-0.3, -0.25) is 14.8 Å². The van der Waals surface area contributed by atoms with E-state index < -0.39 is 5.41 Å². The molecule has 0 unspecified atom stereocenters. The van der Waals surface area contributed by atoms with E-state index in [9.17, 15) is 4.79 Å². The Hall–Kier alpha value is -1.76. The zero-order chi connectivity index (χ0) is 10.2. The average Bonchev–Trinajstić information content (AvgIpc) is 2.14. The molecule has 0 spiro atoms. The Morgan fingerprint density at radius 2 is 2.07 bits per heavy atom. The molecular formula is C10H9N3O. The zero-order valence-electron chi connectivity index (χ0n) is 7.82. The Kier molecular flexibility index (Phi) is 1.81. The summed E-state index contributed by atoms with van der Waals surface area (Å²) in [6.45, 7) is 1.81. The molecule has 0 bridgehead atoms. The number of rotatable bonds is 1. The third-order valence-corrected chi connectivity index (χ3v) is 2.55. The molecule has 1 saturated carbocycles. The van der Waals surface area contributed by atoms with Gasteiger partial charge in [0.15, 0.2) is 0 Å². The topological polar surface area (TPSA) is 66.6 Å². The number of carbonyl (C=O) groups is 1. The van der Waals surface area contributed by atoms with Crippen LogP contribution in [0.5, 0.6) is 0 Å². The maximum atomic E-state index is 11.0. The number of aromatic nitrogens is 2. The highest BCUT2D eigenvalue weighted by Gasteiger charge is 2.47. The number of aryl methyl sites for hydroxylation is 1. The molecule has 14 heavy (non-hydrogen) atoms. The van der Waals surface area contributed by atoms with Crippen molar-refractivity contribution in [3.63, 3.8) is 0 Å². The lowest BCUT2D eigenvalue weighted by Gasteiger charge is -2.33. The first-order valence-electron chi connectivity index (χ1n) is 4.39. The summed E-state index contributed by atoms with van der Waals surface area (Å²) in [5.74, 6) is 0.122. The van der Waals surface area contributed by atoms with Gasteiger partial charge in [-0.2, -0.15) is 5.26 Å². The third-order valence-electron chi connectivity index (χ3n) is 2.55. The lowest BCUT2D eigenvalue weighted by atomic mass is 9.66. The maximum absolute atomic E-state index is 11.0. The summed E-state index contributed by atoms with van der Waals surface area (Å²) in [5, 5.41) is 9.06. The molecule has 1 heterocycles. The number of hydrogen-bond donors (Lipinski definition) is 0. The molecule has 2 rings (SSSR count). The van der Waals surface area contributed by atoms with Gasteiger partial charge >= 0.3 is 0 Å². The number of hydrogen-bond acceptors (Lipinski definition) is 4. The van der Waals surface area contributed by atoms with Crippen molar-refractivity contribution in [1.29, 1.82) is 5.26 Å². The predicted molar refractivity (Wildman–Crippen MR) is 48.3 cm³/mol. The highest BCUT2D eigenvalue weighted by Crippen LogP contribution is 2.40. The summed E-state index contributed by atoms with van der Waals surface area (Å²) in [4.78, 5) is 19.2. The number of Topliss-reactive ketones (excluding diaryl/α,β-unsaturated/α-hetero) is 1. The second-order valence-electron chi connectivity index (χ2n) is 3.58. The van der Waals surface area contributed by atoms with Crippen LogP contribution in [-0.4, -0.2) is 15.8 Å². The first kappa shape index (κ1) is 8.82. The van der Waals surface area contributed by atoms with Crippen molar-refractivity contribution < 1.29 is 4.79 Å². The Morgan fingerprint density at radius 3 is 2.57 bits per heavy atom. The first-order chi connectivity index (χ1) is 6.68. The van der Waals surface area contributed by atoms with Crippen LogP contribution in [0.2, 0.25) is 0 Å². The van der Waals surface area contributed by atoms with Gasteiger partial charge in [-0.1, -0.05) is 0 Å². The Balaban J connectivity index is 2.45. The fraction of sp³-hybridized carbons (Fsp3) is 0.400. The van der Waals surface area contributed by atoms with E-state index in [-0.39, 0.29) is 18.6 Å². The van der Waals surface area contributed by atoms with E-state index >= 15 is 0 Å². The van der Waals surface area contributed by atoms with Crippen LogP contribution in [0.4, 0.5) is 0 Å². The van der Waals surface area contributed by atoms with Crippen molar-refractivity contribution >= 4 is 5.78 Å². The normalized spacial score (nSPS) is 18.4. The van der Waals surface area contributed by atoms with Crippen molar-refractivity contribution in [2.75, 3.05) is 0 Å². The fourth-order valence-corrected chi connectivity index (χ4v) is 1.80. The Bertz CT molecular complexity index is 425. The van der Waals surface area contributed by atoms with E-state index in [1.807, 2.05) is 6.92 Å². The van der Waals surface area contributed by atoms with Gasteiger partial charge < -0.3 is 0 Å². The van der Waals surface area contributed by atoms with E-state index in [0.717, 1.165) is 5.69 Å². The summed E-state index contributed by atoms with van der Waals surface area (Å²) in [5.41, 5.74) is 0.693. The van der Waals surface area contributed by atoms with Gasteiger partial charge in [0.1, 0.15) is 11.2 Å². The summed E-state index contributed by atoms with van der Waals surface area (Å²) in [6.07, 6.45) is 3.71. The smallest absolute Gasteiger partial charge is 0.136 e. The molecule has 0 saturated heterocycles. The van der Waals surface area contributed by atoms with Crippen LogP contribution in [0, 0.1) is 18.3 Å². The molecule has 0 aliphatic heterocycles. The Morgan fingerprint density at radius 1 is 1.43 bits per heavy atom. The zero-order valence-corrected chi connectivity index (χ0v) is 7.82. The fourth-order valence-electron chi connectivity index (χ4n) is 1.80. The van der Waals surface area contributed by atoms with Gasteiger partial charge in [0.05, 0.1) is 17.5 Å². The van der Waals surface area contributed by atoms with Crippen LogP contribution in [0.15, 0.2) is 12.4 Å². The minimum Gasteiger partial charge on any atom is -0.300 e. The summed E-state index contributed by atoms with van der Waals surface area (Å²) in [7, 11) is 0. The quantitative estimate of drug-likeness (QED) is 0.655. The third kappa shape index (κ3) is 1.10. The number of carbonyl (C=O) groups excluding carboxylic acids is 1. The van der Waals surface area contributed by atoms with Crippen molar-refractivity contribution in [3.8, 4) is 6.07 Å². The molecule has 1 aliphatic carbocycles. The molecule has 1 fully saturated rings. The SMILES string of the molecule is Cc1nccnc1C1(C#N)CC(=O)C1. The lowest BCUT2D eigenvalue weighted by molar-refractivity contribution is -0.126. The maximum Gasteiger partial charge on any atom is 0.136 e. The van der Waals surface area contributed by atoms with Crippen molar-refractivity contribution in [2.24, 2.45) is 0 Å². The summed E-state index contributed by atoms with van der Waals surface area (Å²) >= 11 is 0. The molecule has 1 aromatic heterocycles. The monoisotopic (exact) mass is 187 g/mol. The van der Waals surface area contributed by atoms with E-state index in [0.29, 0.717) is 5.69 Å². The molecule has 4 nitrogen and oxygen atoms in total. The van der Waals surface area contributed by atoms with Gasteiger partial charge in [-0.15, -0.1) is 0 Å². The van der Waals surface area contributed by atoms with Crippen LogP contribution in [0.3, 0.4) is 0 Å². The van der Waals surface area contributed by atoms with Crippen LogP contribution in [-0.2, 0) is 10.2 Å². The van der Waals surface area contributed by atoms with Gasteiger partial charge in [-0.05, 0) is 6.92 Å². The van der Waals surface area contributed by atoms with Crippen LogP contribution in [0.1, 0.15) is 24.2 Å². The second-order valence-corrected chi connectivity index (χ2v) is 3.58. The van der Waals surface area contributed by atoms with Crippen LogP contribution in [0.25, 0.3) is 0 Å². The highest BCUT2D eigenvalue weighted by atomic mass is 16.1. The molecule has 1 aliphatic rings. The molecule has 4 heteroatoms. The largest absolute Gasteiger partial charge is 0.300 e. The van der Waals surface area contributed by atoms with Gasteiger partial charge in [0.2, 0.25) is 0 Å². The molecule has 0 amide bonds. The minimum atomic E-state index is -0.699. The highest BCUT2D eigenvalue weighted by molar-refractivity contribution is 5.89. The van der Waals surface area contributed by atoms with Gasteiger partial charge in [0.25, 0.3) is 0 Å². The molecule has 70 valence electrons. The number of ketones is 1. The van der Waals surface area contributed by atoms with Crippen LogP contribution < -0.4 is 0 Å². The van der Waals surface area contributed by atoms with E-state index in [1.54, 1.807) is 12.4 Å². The average molecular weight is 187 g/mol. The Labute approximate surface area is 81.6 Å². The van der Waals surface area contributed by atoms with Crippen LogP contribution >= 0.6 is 0 Å². The number of nitrogens with zero attached hydrogens (tertiary/aromatic N) is 3. The molecule has 0 aromatic carbocycles. The van der Waals surface area contributed by atoms with Crippen molar-refractivity contribution in [1.82, 2.24) is 9.97 Å². The molecule has 1 aromatic rings. The van der Waals surface area contributed by atoms with Gasteiger partial charge in [-0.25, -0.2) is 0 Å². The first-order valence-corrected chi connectivity index (χ1v) is 4.39. The molecule has 0 atom stereocenters. The van der Waals surface area contributed by atoms with E-state index in [1.165, 1.54) is 0 Å². The molecular weight excluding hydrogens is 178 g/mol. The standard InChI is InChI=1S/C10H9N3O/c1-7-9(13-3-2-12-7)10(6-11)4-8(14)5-10/h2-3H,4-5H2,1H3. The van der Waals surface area contributed by atoms with E-state index in [4.69, 9.17) is 5.26 Å². The van der Waals surface area contributed by atoms with Crippen molar-refractivity contribution in [3.05, 3.63) is 23.8 Å². The van der Waals surface area contributed by atoms with Gasteiger partial charge in [0, 0.05) is 25.2 Å². The summed E-state index contributed by atoms with van der Waals surface area (Å²) in [6, 6.07) is 2.18. The second kappa shape index (κ2) is 2.88. The van der Waals surface area contributed by atoms with E-state index in [2.05, 4.69) is 16.0 Å². The summed E-state index contributed by atoms with van der Waals surface area (Å²) < 4.78 is 0. The molecule has 0 N–H and O–H groups in total. The number of nitriles is 1. The molecule has 0 radical (unpaired) electrons. The van der Waals surface area contributed by atoms with Crippen molar-refractivity contribution in [2.45, 2.75) is 25.2 Å². The minimum absolute atomic E-state index is 0.122.